The summed E-state index contributed by atoms with van der Waals surface area (Å²) in [5.41, 5.74) is 0. The van der Waals surface area contributed by atoms with Gasteiger partial charge in [0.2, 0.25) is 0 Å². The van der Waals surface area contributed by atoms with Crippen LogP contribution in [0.15, 0.2) is 0 Å². The highest BCUT2D eigenvalue weighted by Crippen LogP contribution is 2.10. The summed E-state index contributed by atoms with van der Waals surface area (Å²) >= 11 is 0. The summed E-state index contributed by atoms with van der Waals surface area (Å²) in [6, 6.07) is 0. The summed E-state index contributed by atoms with van der Waals surface area (Å²) in [7, 11) is 1.23. The van der Waals surface area contributed by atoms with Gasteiger partial charge in [-0.3, -0.25) is 0 Å². The zero-order valence-electron chi connectivity index (χ0n) is 6.33. The lowest BCUT2D eigenvalue weighted by Crippen LogP contribution is -1.72. The van der Waals surface area contributed by atoms with E-state index in [2.05, 4.69) is 13.8 Å². The fourth-order valence-corrected chi connectivity index (χ4v) is 1.44. The number of hydrogen-bond acceptors (Lipinski definition) is 0. The highest BCUT2D eigenvalue weighted by Gasteiger charge is 1.79. The highest BCUT2D eigenvalue weighted by atomic mass is 31.1. The van der Waals surface area contributed by atoms with Crippen LogP contribution < -0.4 is 0 Å². The molecule has 0 unspecified atom stereocenters. The molecule has 0 atom stereocenters. The van der Waals surface area contributed by atoms with Gasteiger partial charge in [-0.1, -0.05) is 26.7 Å². The second-order valence-corrected chi connectivity index (χ2v) is 3.25. The first-order valence-electron chi connectivity index (χ1n) is 3.12. The first-order valence-corrected chi connectivity index (χ1v) is 4.54. The maximum atomic E-state index is 2.25. The lowest BCUT2D eigenvalue weighted by atomic mass is 10.6. The summed E-state index contributed by atoms with van der Waals surface area (Å²) in [6.07, 6.45) is 5.65. The third-order valence-corrected chi connectivity index (χ3v) is 2.56. The summed E-state index contributed by atoms with van der Waals surface area (Å²) in [6.45, 7) is 4.51. The van der Waals surface area contributed by atoms with E-state index in [9.17, 15) is 0 Å². The Balaban J connectivity index is 0. The fraction of sp³-hybridized carbons (Fsp3) is 1.00. The van der Waals surface area contributed by atoms with Gasteiger partial charge in [-0.05, 0) is 12.3 Å². The lowest BCUT2D eigenvalue weighted by molar-refractivity contribution is 1.07. The molecule has 0 fully saturated rings. The third-order valence-electron chi connectivity index (χ3n) is 0.854. The van der Waals surface area contributed by atoms with Crippen LogP contribution >= 0.6 is 8.58 Å². The molecule has 0 saturated heterocycles. The average Bonchev–Trinajstić information content (AvgIpc) is 1.69. The predicted molar refractivity (Wildman–Crippen MR) is 39.7 cm³/mol. The SMILES string of the molecule is CCCPCCC.[H+]. The molecule has 0 heterocycles. The van der Waals surface area contributed by atoms with Gasteiger partial charge >= 0.3 is 1.43 Å². The zero-order valence-corrected chi connectivity index (χ0v) is 6.33. The molecule has 0 rings (SSSR count). The van der Waals surface area contributed by atoms with E-state index in [0.717, 1.165) is 0 Å². The first-order chi connectivity index (χ1) is 3.41. The van der Waals surface area contributed by atoms with Gasteiger partial charge < -0.3 is 0 Å². The second-order valence-electron chi connectivity index (χ2n) is 1.75. The Morgan fingerprint density at radius 1 is 1.14 bits per heavy atom. The van der Waals surface area contributed by atoms with E-state index >= 15 is 0 Å². The summed E-state index contributed by atoms with van der Waals surface area (Å²) in [4.78, 5) is 0. The fourth-order valence-electron chi connectivity index (χ4n) is 0.479. The minimum atomic E-state index is 0. The largest absolute Gasteiger partial charge is 1.00 e. The van der Waals surface area contributed by atoms with Gasteiger partial charge in [-0.2, -0.15) is 0 Å². The van der Waals surface area contributed by atoms with Crippen LogP contribution in [0, 0.1) is 0 Å². The van der Waals surface area contributed by atoms with Crippen LogP contribution in [0.1, 0.15) is 28.1 Å². The van der Waals surface area contributed by atoms with E-state index < -0.39 is 0 Å². The summed E-state index contributed by atoms with van der Waals surface area (Å²) in [5.74, 6) is 0. The molecule has 0 aliphatic carbocycles. The Kier molecular flexibility index (Phi) is 6.82. The van der Waals surface area contributed by atoms with Crippen LogP contribution in [0.3, 0.4) is 0 Å². The second kappa shape index (κ2) is 6.43. The maximum Gasteiger partial charge on any atom is 1.00 e. The van der Waals surface area contributed by atoms with Gasteiger partial charge in [0, 0.05) is 0 Å². The molecule has 0 aromatic heterocycles. The van der Waals surface area contributed by atoms with Crippen molar-refractivity contribution >= 4 is 8.58 Å². The van der Waals surface area contributed by atoms with E-state index in [0.29, 0.717) is 0 Å². The lowest BCUT2D eigenvalue weighted by Gasteiger charge is -1.91. The topological polar surface area (TPSA) is 0 Å². The predicted octanol–water partition coefficient (Wildman–Crippen LogP) is 2.60. The molecule has 44 valence electrons. The normalized spacial score (nSPS) is 9.43. The van der Waals surface area contributed by atoms with Crippen LogP contribution in [-0.2, 0) is 0 Å². The molecule has 0 nitrogen and oxygen atoms in total. The van der Waals surface area contributed by atoms with Crippen molar-refractivity contribution in [3.05, 3.63) is 0 Å². The maximum absolute atomic E-state index is 2.25. The van der Waals surface area contributed by atoms with Gasteiger partial charge in [-0.15, -0.1) is 8.58 Å². The van der Waals surface area contributed by atoms with Gasteiger partial charge in [0.1, 0.15) is 0 Å². The monoisotopic (exact) mass is 119 g/mol. The Hall–Kier alpha value is 0.430. The van der Waals surface area contributed by atoms with Crippen LogP contribution in [0.2, 0.25) is 0 Å². The Labute approximate surface area is 50.0 Å². The molecule has 0 amide bonds. The quantitative estimate of drug-likeness (QED) is 0.394. The molecule has 0 saturated carbocycles. The number of hydrogen-bond donors (Lipinski definition) is 0. The molecule has 1 heteroatoms. The van der Waals surface area contributed by atoms with E-state index in [1.165, 1.54) is 33.7 Å². The highest BCUT2D eigenvalue weighted by molar-refractivity contribution is 7.37. The molecular formula is C6H16P+. The number of rotatable bonds is 4. The van der Waals surface area contributed by atoms with E-state index in [4.69, 9.17) is 0 Å². The van der Waals surface area contributed by atoms with Crippen molar-refractivity contribution in [2.75, 3.05) is 12.3 Å². The summed E-state index contributed by atoms with van der Waals surface area (Å²) < 4.78 is 0. The molecule has 0 spiro atoms. The van der Waals surface area contributed by atoms with Gasteiger partial charge in [-0.25, -0.2) is 0 Å². The van der Waals surface area contributed by atoms with Crippen molar-refractivity contribution in [1.29, 1.82) is 0 Å². The third kappa shape index (κ3) is 6.43. The van der Waals surface area contributed by atoms with E-state index in [1.807, 2.05) is 0 Å². The first kappa shape index (κ1) is 7.43. The molecular weight excluding hydrogens is 103 g/mol. The molecule has 0 bridgehead atoms. The standard InChI is InChI=1S/C6H15P/c1-3-5-7-6-4-2/h7H,3-6H2,1-2H3/p+1. The molecule has 0 aromatic carbocycles. The van der Waals surface area contributed by atoms with Crippen molar-refractivity contribution in [3.8, 4) is 0 Å². The molecule has 0 aromatic rings. The van der Waals surface area contributed by atoms with Crippen LogP contribution in [0.4, 0.5) is 0 Å². The van der Waals surface area contributed by atoms with E-state index in [1.54, 1.807) is 0 Å². The van der Waals surface area contributed by atoms with Crippen LogP contribution in [0.5, 0.6) is 0 Å². The van der Waals surface area contributed by atoms with Crippen molar-refractivity contribution in [3.63, 3.8) is 0 Å². The molecule has 0 aliphatic rings. The Morgan fingerprint density at radius 3 is 1.86 bits per heavy atom. The molecule has 0 radical (unpaired) electrons. The van der Waals surface area contributed by atoms with Crippen molar-refractivity contribution < 1.29 is 1.43 Å². The molecule has 0 aliphatic heterocycles. The van der Waals surface area contributed by atoms with Crippen molar-refractivity contribution in [2.45, 2.75) is 26.7 Å². The Bertz CT molecular complexity index is 27.7. The van der Waals surface area contributed by atoms with Crippen molar-refractivity contribution in [1.82, 2.24) is 0 Å². The summed E-state index contributed by atoms with van der Waals surface area (Å²) in [5, 5.41) is 0. The zero-order chi connectivity index (χ0) is 5.54. The molecule has 0 N–H and O–H groups in total. The smallest absolute Gasteiger partial charge is 0.122 e. The molecule has 7 heavy (non-hydrogen) atoms. The Morgan fingerprint density at radius 2 is 1.57 bits per heavy atom. The van der Waals surface area contributed by atoms with Gasteiger partial charge in [0.15, 0.2) is 0 Å². The van der Waals surface area contributed by atoms with Gasteiger partial charge in [0.05, 0.1) is 0 Å². The van der Waals surface area contributed by atoms with Crippen molar-refractivity contribution in [2.24, 2.45) is 0 Å². The average molecular weight is 119 g/mol. The van der Waals surface area contributed by atoms with Gasteiger partial charge in [0.25, 0.3) is 0 Å². The van der Waals surface area contributed by atoms with Crippen LogP contribution in [0.25, 0.3) is 0 Å². The minimum absolute atomic E-state index is 0. The van der Waals surface area contributed by atoms with Crippen LogP contribution in [-0.4, -0.2) is 12.3 Å². The minimum Gasteiger partial charge on any atom is -0.122 e. The van der Waals surface area contributed by atoms with E-state index in [-0.39, 0.29) is 1.43 Å².